The van der Waals surface area contributed by atoms with E-state index in [2.05, 4.69) is 0 Å². The highest BCUT2D eigenvalue weighted by molar-refractivity contribution is 6.30. The number of halogens is 1. The van der Waals surface area contributed by atoms with Crippen LogP contribution in [0.4, 0.5) is 0 Å². The smallest absolute Gasteiger partial charge is 0.159 e. The second-order valence-corrected chi connectivity index (χ2v) is 6.52. The zero-order valence-corrected chi connectivity index (χ0v) is 12.8. The fourth-order valence-corrected chi connectivity index (χ4v) is 3.48. The first-order valence-electron chi connectivity index (χ1n) is 7.63. The number of benzene rings is 1. The molecular formula is C18H19ClO2. The molecule has 1 aromatic rings. The third-order valence-electron chi connectivity index (χ3n) is 4.85. The Morgan fingerprint density at radius 2 is 1.86 bits per heavy atom. The molecule has 2 nitrogen and oxygen atoms in total. The standard InChI is InChI=1S/C18H19ClO2/c19-15-8-6-14(7-9-15)18(10-3-11-18)17(21)12-13-4-1-2-5-16(13)20/h4,6-9H,1-3,5,10-12H2. The van der Waals surface area contributed by atoms with Crippen molar-refractivity contribution < 1.29 is 9.59 Å². The van der Waals surface area contributed by atoms with Crippen LogP contribution in [0.3, 0.4) is 0 Å². The highest BCUT2D eigenvalue weighted by atomic mass is 35.5. The number of Topliss-reactive ketones (excluding diaryl/α,β-unsaturated/α-hetero) is 2. The van der Waals surface area contributed by atoms with Crippen molar-refractivity contribution >= 4 is 23.2 Å². The van der Waals surface area contributed by atoms with Gasteiger partial charge in [0, 0.05) is 17.9 Å². The first kappa shape index (κ1) is 14.5. The molecule has 0 unspecified atom stereocenters. The van der Waals surface area contributed by atoms with Gasteiger partial charge in [0.1, 0.15) is 5.78 Å². The molecule has 0 aliphatic heterocycles. The molecule has 0 amide bonds. The van der Waals surface area contributed by atoms with Crippen molar-refractivity contribution in [1.29, 1.82) is 0 Å². The molecule has 3 rings (SSSR count). The number of hydrogen-bond donors (Lipinski definition) is 0. The summed E-state index contributed by atoms with van der Waals surface area (Å²) in [7, 11) is 0. The second-order valence-electron chi connectivity index (χ2n) is 6.09. The summed E-state index contributed by atoms with van der Waals surface area (Å²) < 4.78 is 0. The lowest BCUT2D eigenvalue weighted by Crippen LogP contribution is -2.42. The number of ketones is 2. The highest BCUT2D eigenvalue weighted by Gasteiger charge is 2.45. The minimum absolute atomic E-state index is 0.153. The van der Waals surface area contributed by atoms with Crippen LogP contribution in [-0.4, -0.2) is 11.6 Å². The third kappa shape index (κ3) is 2.69. The Morgan fingerprint density at radius 3 is 2.43 bits per heavy atom. The SMILES string of the molecule is O=C1CCCC=C1CC(=O)C1(c2ccc(Cl)cc2)CCC1. The molecule has 21 heavy (non-hydrogen) atoms. The Morgan fingerprint density at radius 1 is 1.14 bits per heavy atom. The van der Waals surface area contributed by atoms with Gasteiger partial charge in [0.25, 0.3) is 0 Å². The molecule has 0 heterocycles. The lowest BCUT2D eigenvalue weighted by molar-refractivity contribution is -0.128. The van der Waals surface area contributed by atoms with Crippen molar-refractivity contribution in [3.05, 3.63) is 46.5 Å². The van der Waals surface area contributed by atoms with Crippen LogP contribution in [0.5, 0.6) is 0 Å². The van der Waals surface area contributed by atoms with Gasteiger partial charge >= 0.3 is 0 Å². The van der Waals surface area contributed by atoms with Crippen LogP contribution in [0, 0.1) is 0 Å². The molecule has 110 valence electrons. The van der Waals surface area contributed by atoms with Crippen LogP contribution in [0.2, 0.25) is 5.02 Å². The minimum atomic E-state index is -0.386. The van der Waals surface area contributed by atoms with E-state index < -0.39 is 0 Å². The van der Waals surface area contributed by atoms with Gasteiger partial charge in [0.2, 0.25) is 0 Å². The quantitative estimate of drug-likeness (QED) is 0.826. The van der Waals surface area contributed by atoms with E-state index in [1.54, 1.807) is 0 Å². The highest BCUT2D eigenvalue weighted by Crippen LogP contribution is 2.46. The first-order chi connectivity index (χ1) is 10.1. The Labute approximate surface area is 130 Å². The number of hydrogen-bond acceptors (Lipinski definition) is 2. The fraction of sp³-hybridized carbons (Fsp3) is 0.444. The van der Waals surface area contributed by atoms with Crippen molar-refractivity contribution in [3.63, 3.8) is 0 Å². The molecule has 1 saturated carbocycles. The van der Waals surface area contributed by atoms with E-state index in [0.717, 1.165) is 43.2 Å². The van der Waals surface area contributed by atoms with Crippen LogP contribution in [0.15, 0.2) is 35.9 Å². The summed E-state index contributed by atoms with van der Waals surface area (Å²) in [6, 6.07) is 7.59. The van der Waals surface area contributed by atoms with Crippen molar-refractivity contribution in [3.8, 4) is 0 Å². The van der Waals surface area contributed by atoms with E-state index in [1.807, 2.05) is 30.3 Å². The van der Waals surface area contributed by atoms with E-state index in [-0.39, 0.29) is 17.0 Å². The number of allylic oxidation sites excluding steroid dienone is 2. The van der Waals surface area contributed by atoms with Gasteiger partial charge in [-0.1, -0.05) is 36.2 Å². The molecular weight excluding hydrogens is 284 g/mol. The summed E-state index contributed by atoms with van der Waals surface area (Å²) in [4.78, 5) is 24.7. The van der Waals surface area contributed by atoms with Gasteiger partial charge in [-0.05, 0) is 49.0 Å². The van der Waals surface area contributed by atoms with Crippen LogP contribution in [0.1, 0.15) is 50.5 Å². The Bertz CT molecular complexity index is 594. The van der Waals surface area contributed by atoms with Gasteiger partial charge in [-0.25, -0.2) is 0 Å². The average molecular weight is 303 g/mol. The Kier molecular flexibility index (Phi) is 3.99. The van der Waals surface area contributed by atoms with Crippen LogP contribution in [-0.2, 0) is 15.0 Å². The molecule has 0 radical (unpaired) electrons. The second kappa shape index (κ2) is 5.76. The summed E-state index contributed by atoms with van der Waals surface area (Å²) in [5, 5.41) is 0.686. The maximum atomic E-state index is 12.8. The molecule has 0 N–H and O–H groups in total. The van der Waals surface area contributed by atoms with E-state index in [0.29, 0.717) is 17.9 Å². The molecule has 1 aromatic carbocycles. The van der Waals surface area contributed by atoms with Crippen LogP contribution < -0.4 is 0 Å². The van der Waals surface area contributed by atoms with Crippen molar-refractivity contribution in [1.82, 2.24) is 0 Å². The van der Waals surface area contributed by atoms with E-state index in [9.17, 15) is 9.59 Å². The average Bonchev–Trinajstić information content (AvgIpc) is 2.42. The molecule has 2 aliphatic rings. The summed E-state index contributed by atoms with van der Waals surface area (Å²) in [5.41, 5.74) is 1.39. The minimum Gasteiger partial charge on any atom is -0.298 e. The lowest BCUT2D eigenvalue weighted by atomic mass is 9.61. The molecule has 0 atom stereocenters. The van der Waals surface area contributed by atoms with E-state index in [4.69, 9.17) is 11.6 Å². The van der Waals surface area contributed by atoms with Gasteiger partial charge in [0.05, 0.1) is 5.41 Å². The number of carbonyl (C=O) groups is 2. The van der Waals surface area contributed by atoms with Crippen LogP contribution in [0.25, 0.3) is 0 Å². The molecule has 0 spiro atoms. The van der Waals surface area contributed by atoms with Crippen molar-refractivity contribution in [2.45, 2.75) is 50.4 Å². The first-order valence-corrected chi connectivity index (χ1v) is 8.01. The molecule has 0 saturated heterocycles. The molecule has 3 heteroatoms. The van der Waals surface area contributed by atoms with E-state index >= 15 is 0 Å². The summed E-state index contributed by atoms with van der Waals surface area (Å²) in [5.74, 6) is 0.345. The molecule has 0 bridgehead atoms. The Balaban J connectivity index is 1.82. The number of carbonyl (C=O) groups excluding carboxylic acids is 2. The van der Waals surface area contributed by atoms with Gasteiger partial charge in [-0.15, -0.1) is 0 Å². The van der Waals surface area contributed by atoms with Gasteiger partial charge in [-0.2, -0.15) is 0 Å². The molecule has 2 aliphatic carbocycles. The lowest BCUT2D eigenvalue weighted by Gasteiger charge is -2.41. The predicted octanol–water partition coefficient (Wildman–Crippen LogP) is 4.40. The maximum Gasteiger partial charge on any atom is 0.159 e. The van der Waals surface area contributed by atoms with E-state index in [1.165, 1.54) is 0 Å². The third-order valence-corrected chi connectivity index (χ3v) is 5.10. The Hall–Kier alpha value is -1.41. The maximum absolute atomic E-state index is 12.8. The van der Waals surface area contributed by atoms with Crippen LogP contribution >= 0.6 is 11.6 Å². The monoisotopic (exact) mass is 302 g/mol. The van der Waals surface area contributed by atoms with Crippen molar-refractivity contribution in [2.75, 3.05) is 0 Å². The summed E-state index contributed by atoms with van der Waals surface area (Å²) in [6.07, 6.45) is 7.51. The van der Waals surface area contributed by atoms with Gasteiger partial charge < -0.3 is 0 Å². The molecule has 1 fully saturated rings. The summed E-state index contributed by atoms with van der Waals surface area (Å²) >= 11 is 5.94. The van der Waals surface area contributed by atoms with Crippen molar-refractivity contribution in [2.24, 2.45) is 0 Å². The fourth-order valence-electron chi connectivity index (χ4n) is 3.35. The molecule has 0 aromatic heterocycles. The zero-order valence-electron chi connectivity index (χ0n) is 12.0. The largest absolute Gasteiger partial charge is 0.298 e. The van der Waals surface area contributed by atoms with Gasteiger partial charge in [0.15, 0.2) is 5.78 Å². The normalized spacial score (nSPS) is 20.6. The number of rotatable bonds is 4. The summed E-state index contributed by atoms with van der Waals surface area (Å²) in [6.45, 7) is 0. The zero-order chi connectivity index (χ0) is 14.9. The topological polar surface area (TPSA) is 34.1 Å². The predicted molar refractivity (Wildman–Crippen MR) is 83.5 cm³/mol. The van der Waals surface area contributed by atoms with Gasteiger partial charge in [-0.3, -0.25) is 9.59 Å².